The van der Waals surface area contributed by atoms with Gasteiger partial charge in [0.15, 0.2) is 5.82 Å². The third-order valence-corrected chi connectivity index (χ3v) is 3.33. The van der Waals surface area contributed by atoms with Crippen molar-refractivity contribution < 1.29 is 13.6 Å². The second-order valence-electron chi connectivity index (χ2n) is 4.58. The first-order valence-electron chi connectivity index (χ1n) is 5.86. The maximum atomic E-state index is 13.9. The van der Waals surface area contributed by atoms with Crippen molar-refractivity contribution in [2.45, 2.75) is 19.3 Å². The number of halogens is 2. The molecule has 2 aromatic rings. The fourth-order valence-corrected chi connectivity index (χ4v) is 2.48. The van der Waals surface area contributed by atoms with Gasteiger partial charge in [0.25, 0.3) is 0 Å². The fraction of sp³-hybridized carbons (Fsp3) is 0.231. The van der Waals surface area contributed by atoms with Crippen molar-refractivity contribution in [3.05, 3.63) is 46.7 Å². The van der Waals surface area contributed by atoms with E-state index in [0.717, 1.165) is 17.3 Å². The number of H-pyrrole nitrogens is 1. The average Bonchev–Trinajstić information content (AvgIpc) is 2.70. The minimum atomic E-state index is -0.647. The molecular weight excluding hydrogens is 252 g/mol. The van der Waals surface area contributed by atoms with Crippen LogP contribution in [0.25, 0.3) is 0 Å². The van der Waals surface area contributed by atoms with Crippen LogP contribution in [0.15, 0.2) is 18.2 Å². The number of aromatic amines is 1. The minimum Gasteiger partial charge on any atom is -0.309 e. The van der Waals surface area contributed by atoms with Gasteiger partial charge in [0.05, 0.1) is 0 Å². The summed E-state index contributed by atoms with van der Waals surface area (Å²) in [5, 5.41) is 9.38. The van der Waals surface area contributed by atoms with Crippen molar-refractivity contribution in [2.75, 3.05) is 5.32 Å². The van der Waals surface area contributed by atoms with Gasteiger partial charge in [0.2, 0.25) is 5.91 Å². The van der Waals surface area contributed by atoms with Gasteiger partial charge < -0.3 is 5.32 Å². The van der Waals surface area contributed by atoms with Gasteiger partial charge in [-0.3, -0.25) is 9.89 Å². The molecule has 1 aliphatic heterocycles. The van der Waals surface area contributed by atoms with Crippen LogP contribution in [0.2, 0.25) is 0 Å². The maximum Gasteiger partial charge on any atom is 0.226 e. The lowest BCUT2D eigenvalue weighted by Crippen LogP contribution is -2.24. The van der Waals surface area contributed by atoms with Gasteiger partial charge in [-0.2, -0.15) is 5.10 Å². The van der Waals surface area contributed by atoms with E-state index >= 15 is 0 Å². The highest BCUT2D eigenvalue weighted by Crippen LogP contribution is 2.38. The Morgan fingerprint density at radius 1 is 1.37 bits per heavy atom. The summed E-state index contributed by atoms with van der Waals surface area (Å²) >= 11 is 0. The summed E-state index contributed by atoms with van der Waals surface area (Å²) in [6.45, 7) is 1.80. The molecular formula is C13H11F2N3O. The summed E-state index contributed by atoms with van der Waals surface area (Å²) in [6, 6.07) is 3.40. The number of fused-ring (bicyclic) bond motifs is 1. The number of rotatable bonds is 1. The molecule has 98 valence electrons. The molecule has 19 heavy (non-hydrogen) atoms. The van der Waals surface area contributed by atoms with Crippen LogP contribution in [0.4, 0.5) is 14.6 Å². The largest absolute Gasteiger partial charge is 0.309 e. The Morgan fingerprint density at radius 3 is 2.89 bits per heavy atom. The van der Waals surface area contributed by atoms with E-state index in [0.29, 0.717) is 11.4 Å². The molecule has 1 atom stereocenters. The van der Waals surface area contributed by atoms with E-state index < -0.39 is 17.6 Å². The van der Waals surface area contributed by atoms with Gasteiger partial charge >= 0.3 is 0 Å². The third kappa shape index (κ3) is 1.89. The normalized spacial score (nSPS) is 18.1. The average molecular weight is 263 g/mol. The zero-order chi connectivity index (χ0) is 13.6. The summed E-state index contributed by atoms with van der Waals surface area (Å²) in [5.41, 5.74) is 1.83. The van der Waals surface area contributed by atoms with E-state index in [9.17, 15) is 13.6 Å². The minimum absolute atomic E-state index is 0.121. The lowest BCUT2D eigenvalue weighted by Gasteiger charge is -2.23. The maximum absolute atomic E-state index is 13.9. The standard InChI is InChI=1S/C13H11F2N3O/c1-6-12-9(5-11(19)16-13(12)18-17-6)8-3-2-7(14)4-10(8)15/h2-4,9H,5H2,1H3,(H2,16,17,18,19)/t9-/m1/s1. The first kappa shape index (κ1) is 11.8. The molecule has 0 radical (unpaired) electrons. The molecule has 2 N–H and O–H groups in total. The molecule has 0 saturated carbocycles. The van der Waals surface area contributed by atoms with E-state index in [1.54, 1.807) is 6.92 Å². The van der Waals surface area contributed by atoms with E-state index in [1.807, 2.05) is 0 Å². The zero-order valence-corrected chi connectivity index (χ0v) is 10.1. The Labute approximate surface area is 107 Å². The van der Waals surface area contributed by atoms with Crippen LogP contribution in [0, 0.1) is 18.6 Å². The number of nitrogens with one attached hydrogen (secondary N) is 2. The third-order valence-electron chi connectivity index (χ3n) is 3.33. The van der Waals surface area contributed by atoms with Gasteiger partial charge in [-0.15, -0.1) is 0 Å². The Hall–Kier alpha value is -2.24. The summed E-state index contributed by atoms with van der Waals surface area (Å²) in [4.78, 5) is 11.6. The first-order valence-corrected chi connectivity index (χ1v) is 5.86. The number of hydrogen-bond donors (Lipinski definition) is 2. The van der Waals surface area contributed by atoms with Gasteiger partial charge in [-0.05, 0) is 18.6 Å². The molecule has 1 amide bonds. The van der Waals surface area contributed by atoms with E-state index in [2.05, 4.69) is 15.5 Å². The molecule has 0 saturated heterocycles. The second-order valence-corrected chi connectivity index (χ2v) is 4.58. The molecule has 1 aliphatic rings. The zero-order valence-electron chi connectivity index (χ0n) is 10.1. The Morgan fingerprint density at radius 2 is 2.16 bits per heavy atom. The first-order chi connectivity index (χ1) is 9.06. The smallest absolute Gasteiger partial charge is 0.226 e. The lowest BCUT2D eigenvalue weighted by molar-refractivity contribution is -0.116. The monoisotopic (exact) mass is 263 g/mol. The molecule has 4 nitrogen and oxygen atoms in total. The van der Waals surface area contributed by atoms with Gasteiger partial charge in [0, 0.05) is 29.7 Å². The number of aryl methyl sites for hydroxylation is 1. The van der Waals surface area contributed by atoms with Crippen molar-refractivity contribution in [3.8, 4) is 0 Å². The molecule has 0 spiro atoms. The van der Waals surface area contributed by atoms with Crippen LogP contribution >= 0.6 is 0 Å². The topological polar surface area (TPSA) is 57.8 Å². The molecule has 0 bridgehead atoms. The van der Waals surface area contributed by atoms with Gasteiger partial charge in [-0.25, -0.2) is 8.78 Å². The summed E-state index contributed by atoms with van der Waals surface area (Å²) < 4.78 is 26.9. The molecule has 6 heteroatoms. The number of nitrogens with zero attached hydrogens (tertiary/aromatic N) is 1. The number of anilines is 1. The lowest BCUT2D eigenvalue weighted by atomic mass is 9.85. The van der Waals surface area contributed by atoms with Gasteiger partial charge in [-0.1, -0.05) is 6.07 Å². The second kappa shape index (κ2) is 4.15. The Balaban J connectivity index is 2.14. The number of benzene rings is 1. The predicted octanol–water partition coefficient (Wildman–Crippen LogP) is 2.47. The molecule has 2 heterocycles. The highest BCUT2D eigenvalue weighted by Gasteiger charge is 2.31. The van der Waals surface area contributed by atoms with Crippen LogP contribution in [0.3, 0.4) is 0 Å². The van der Waals surface area contributed by atoms with Crippen LogP contribution in [-0.4, -0.2) is 16.1 Å². The van der Waals surface area contributed by atoms with Crippen LogP contribution < -0.4 is 5.32 Å². The van der Waals surface area contributed by atoms with Crippen molar-refractivity contribution in [2.24, 2.45) is 0 Å². The van der Waals surface area contributed by atoms with Gasteiger partial charge in [0.1, 0.15) is 11.6 Å². The van der Waals surface area contributed by atoms with Crippen LogP contribution in [0.1, 0.15) is 29.2 Å². The predicted molar refractivity (Wildman–Crippen MR) is 64.8 cm³/mol. The van der Waals surface area contributed by atoms with Crippen LogP contribution in [-0.2, 0) is 4.79 Å². The molecule has 1 aromatic heterocycles. The SMILES string of the molecule is Cc1[nH]nc2c1[C@@H](c1ccc(F)cc1F)CC(=O)N2. The summed E-state index contributed by atoms with van der Waals surface area (Å²) in [7, 11) is 0. The van der Waals surface area contributed by atoms with Crippen LogP contribution in [0.5, 0.6) is 0 Å². The van der Waals surface area contributed by atoms with E-state index in [1.165, 1.54) is 12.1 Å². The number of aromatic nitrogens is 2. The number of amides is 1. The number of carbonyl (C=O) groups excluding carboxylic acids is 1. The quantitative estimate of drug-likeness (QED) is 0.830. The van der Waals surface area contributed by atoms with Crippen molar-refractivity contribution in [3.63, 3.8) is 0 Å². The number of carbonyl (C=O) groups is 1. The van der Waals surface area contributed by atoms with E-state index in [4.69, 9.17) is 0 Å². The van der Waals surface area contributed by atoms with Crippen molar-refractivity contribution >= 4 is 11.7 Å². The van der Waals surface area contributed by atoms with Crippen molar-refractivity contribution in [1.82, 2.24) is 10.2 Å². The number of hydrogen-bond acceptors (Lipinski definition) is 2. The van der Waals surface area contributed by atoms with Crippen molar-refractivity contribution in [1.29, 1.82) is 0 Å². The summed E-state index contributed by atoms with van der Waals surface area (Å²) in [5.74, 6) is -1.53. The fourth-order valence-electron chi connectivity index (χ4n) is 2.48. The Kier molecular flexibility index (Phi) is 2.58. The molecule has 0 fully saturated rings. The highest BCUT2D eigenvalue weighted by atomic mass is 19.1. The molecule has 0 unspecified atom stereocenters. The molecule has 0 aliphatic carbocycles. The molecule has 3 rings (SSSR count). The van der Waals surface area contributed by atoms with E-state index in [-0.39, 0.29) is 12.3 Å². The molecule has 1 aromatic carbocycles. The summed E-state index contributed by atoms with van der Waals surface area (Å²) in [6.07, 6.45) is 0.121. The Bertz CT molecular complexity index is 666. The highest BCUT2D eigenvalue weighted by molar-refractivity contribution is 5.94.